The average Bonchev–Trinajstić information content (AvgIpc) is 2.64. The van der Waals surface area contributed by atoms with Crippen LogP contribution in [0.1, 0.15) is 17.9 Å². The van der Waals surface area contributed by atoms with E-state index in [2.05, 4.69) is 58.7 Å². The number of hydrogen-bond acceptors (Lipinski definition) is 3. The first-order chi connectivity index (χ1) is 11.4. The normalized spacial score (nSPS) is 17.1. The first kappa shape index (κ1) is 16.2. The van der Waals surface area contributed by atoms with Crippen LogP contribution in [0, 0.1) is 0 Å². The van der Waals surface area contributed by atoms with E-state index in [0.29, 0.717) is 0 Å². The van der Waals surface area contributed by atoms with Gasteiger partial charge in [-0.05, 0) is 29.7 Å². The van der Waals surface area contributed by atoms with Gasteiger partial charge in [0, 0.05) is 38.7 Å². The summed E-state index contributed by atoms with van der Waals surface area (Å²) in [5.74, 6) is 0.231. The molecule has 3 heteroatoms. The summed E-state index contributed by atoms with van der Waals surface area (Å²) in [6.07, 6.45) is 1.02. The second-order valence-corrected chi connectivity index (χ2v) is 6.25. The number of aliphatic hydroxyl groups excluding tert-OH is 1. The Labute approximate surface area is 139 Å². The van der Waals surface area contributed by atoms with Crippen LogP contribution in [0.15, 0.2) is 54.6 Å². The minimum Gasteiger partial charge on any atom is -0.396 e. The Morgan fingerprint density at radius 1 is 0.913 bits per heavy atom. The van der Waals surface area contributed by atoms with Gasteiger partial charge in [0.25, 0.3) is 0 Å². The number of benzene rings is 2. The smallest absolute Gasteiger partial charge is 0.0500 e. The highest BCUT2D eigenvalue weighted by molar-refractivity contribution is 5.63. The maximum absolute atomic E-state index is 9.76. The summed E-state index contributed by atoms with van der Waals surface area (Å²) >= 11 is 0. The van der Waals surface area contributed by atoms with Crippen molar-refractivity contribution in [2.45, 2.75) is 12.3 Å². The Bertz CT molecular complexity index is 576. The summed E-state index contributed by atoms with van der Waals surface area (Å²) < 4.78 is 0. The van der Waals surface area contributed by atoms with Gasteiger partial charge in [0.1, 0.15) is 0 Å². The van der Waals surface area contributed by atoms with E-state index in [4.69, 9.17) is 0 Å². The topological polar surface area (TPSA) is 35.5 Å². The van der Waals surface area contributed by atoms with Gasteiger partial charge in [-0.3, -0.25) is 0 Å². The molecule has 1 heterocycles. The fraction of sp³-hybridized carbons (Fsp3) is 0.400. The highest BCUT2D eigenvalue weighted by Gasteiger charge is 2.15. The molecular weight excluding hydrogens is 284 g/mol. The SMILES string of the molecule is OCC(CCN1CCNCC1)c1ccc(-c2ccccc2)cc1. The third-order valence-electron chi connectivity index (χ3n) is 4.71. The van der Waals surface area contributed by atoms with Gasteiger partial charge in [0.15, 0.2) is 0 Å². The van der Waals surface area contributed by atoms with Crippen molar-refractivity contribution in [1.29, 1.82) is 0 Å². The average molecular weight is 310 g/mol. The zero-order valence-electron chi connectivity index (χ0n) is 13.6. The summed E-state index contributed by atoms with van der Waals surface area (Å²) in [6.45, 7) is 5.67. The van der Waals surface area contributed by atoms with Gasteiger partial charge < -0.3 is 15.3 Å². The van der Waals surface area contributed by atoms with Gasteiger partial charge in [-0.1, -0.05) is 54.6 Å². The molecule has 1 fully saturated rings. The van der Waals surface area contributed by atoms with Crippen molar-refractivity contribution in [3.05, 3.63) is 60.2 Å². The van der Waals surface area contributed by atoms with Crippen LogP contribution in [0.2, 0.25) is 0 Å². The van der Waals surface area contributed by atoms with Gasteiger partial charge in [0.05, 0.1) is 0 Å². The molecule has 2 aromatic rings. The Morgan fingerprint density at radius 3 is 2.22 bits per heavy atom. The first-order valence-electron chi connectivity index (χ1n) is 8.56. The van der Waals surface area contributed by atoms with Gasteiger partial charge in [-0.2, -0.15) is 0 Å². The van der Waals surface area contributed by atoms with Crippen molar-refractivity contribution < 1.29 is 5.11 Å². The molecule has 0 radical (unpaired) electrons. The van der Waals surface area contributed by atoms with Crippen LogP contribution in [-0.2, 0) is 0 Å². The molecule has 1 atom stereocenters. The van der Waals surface area contributed by atoms with Crippen LogP contribution in [0.4, 0.5) is 0 Å². The molecule has 1 aliphatic heterocycles. The zero-order valence-corrected chi connectivity index (χ0v) is 13.6. The van der Waals surface area contributed by atoms with E-state index in [1.165, 1.54) is 16.7 Å². The van der Waals surface area contributed by atoms with Crippen molar-refractivity contribution in [3.63, 3.8) is 0 Å². The summed E-state index contributed by atoms with van der Waals surface area (Å²) in [7, 11) is 0. The monoisotopic (exact) mass is 310 g/mol. The quantitative estimate of drug-likeness (QED) is 0.861. The zero-order chi connectivity index (χ0) is 15.9. The molecule has 2 N–H and O–H groups in total. The molecule has 1 unspecified atom stereocenters. The Hall–Kier alpha value is -1.68. The van der Waals surface area contributed by atoms with E-state index in [1.54, 1.807) is 0 Å². The molecule has 0 amide bonds. The molecule has 0 bridgehead atoms. The van der Waals surface area contributed by atoms with Crippen molar-refractivity contribution in [2.24, 2.45) is 0 Å². The Balaban J connectivity index is 1.62. The van der Waals surface area contributed by atoms with Crippen LogP contribution in [0.3, 0.4) is 0 Å². The molecule has 23 heavy (non-hydrogen) atoms. The van der Waals surface area contributed by atoms with E-state index in [-0.39, 0.29) is 12.5 Å². The molecule has 1 saturated heterocycles. The van der Waals surface area contributed by atoms with Crippen LogP contribution in [0.5, 0.6) is 0 Å². The maximum Gasteiger partial charge on any atom is 0.0500 e. The highest BCUT2D eigenvalue weighted by atomic mass is 16.3. The molecule has 0 aliphatic carbocycles. The lowest BCUT2D eigenvalue weighted by atomic mass is 9.94. The number of rotatable bonds is 6. The van der Waals surface area contributed by atoms with Crippen molar-refractivity contribution in [3.8, 4) is 11.1 Å². The molecule has 0 aromatic heterocycles. The van der Waals surface area contributed by atoms with E-state index < -0.39 is 0 Å². The van der Waals surface area contributed by atoms with E-state index in [0.717, 1.165) is 39.1 Å². The van der Waals surface area contributed by atoms with Gasteiger partial charge in [-0.25, -0.2) is 0 Å². The fourth-order valence-electron chi connectivity index (χ4n) is 3.21. The predicted octanol–water partition coefficient (Wildman–Crippen LogP) is 2.72. The van der Waals surface area contributed by atoms with Crippen LogP contribution >= 0.6 is 0 Å². The molecule has 3 rings (SSSR count). The molecule has 122 valence electrons. The number of nitrogens with zero attached hydrogens (tertiary/aromatic N) is 1. The number of hydrogen-bond donors (Lipinski definition) is 2. The Kier molecular flexibility index (Phi) is 5.81. The molecule has 3 nitrogen and oxygen atoms in total. The minimum atomic E-state index is 0.219. The predicted molar refractivity (Wildman–Crippen MR) is 95.6 cm³/mol. The lowest BCUT2D eigenvalue weighted by Crippen LogP contribution is -2.44. The third kappa shape index (κ3) is 4.41. The fourth-order valence-corrected chi connectivity index (χ4v) is 3.21. The Morgan fingerprint density at radius 2 is 1.57 bits per heavy atom. The van der Waals surface area contributed by atoms with Crippen molar-refractivity contribution in [2.75, 3.05) is 39.3 Å². The van der Waals surface area contributed by atoms with Crippen LogP contribution in [0.25, 0.3) is 11.1 Å². The molecule has 0 saturated carbocycles. The van der Waals surface area contributed by atoms with Gasteiger partial charge in [-0.15, -0.1) is 0 Å². The van der Waals surface area contributed by atoms with Gasteiger partial charge in [0.2, 0.25) is 0 Å². The minimum absolute atomic E-state index is 0.219. The van der Waals surface area contributed by atoms with Crippen molar-refractivity contribution >= 4 is 0 Å². The summed E-state index contributed by atoms with van der Waals surface area (Å²) in [5.41, 5.74) is 3.70. The first-order valence-corrected chi connectivity index (χ1v) is 8.56. The highest BCUT2D eigenvalue weighted by Crippen LogP contribution is 2.24. The molecule has 2 aromatic carbocycles. The lowest BCUT2D eigenvalue weighted by Gasteiger charge is -2.28. The third-order valence-corrected chi connectivity index (χ3v) is 4.71. The number of nitrogens with one attached hydrogen (secondary N) is 1. The van der Waals surface area contributed by atoms with Gasteiger partial charge >= 0.3 is 0 Å². The largest absolute Gasteiger partial charge is 0.396 e. The maximum atomic E-state index is 9.76. The van der Waals surface area contributed by atoms with E-state index >= 15 is 0 Å². The second kappa shape index (κ2) is 8.25. The van der Waals surface area contributed by atoms with E-state index in [9.17, 15) is 5.11 Å². The summed E-state index contributed by atoms with van der Waals surface area (Å²) in [4.78, 5) is 2.48. The van der Waals surface area contributed by atoms with Crippen molar-refractivity contribution in [1.82, 2.24) is 10.2 Å². The van der Waals surface area contributed by atoms with E-state index in [1.807, 2.05) is 6.07 Å². The standard InChI is InChI=1S/C20H26N2O/c23-16-20(10-13-22-14-11-21-12-15-22)19-8-6-18(7-9-19)17-4-2-1-3-5-17/h1-9,20-21,23H,10-16H2. The molecule has 1 aliphatic rings. The van der Waals surface area contributed by atoms with Crippen LogP contribution in [-0.4, -0.2) is 49.3 Å². The summed E-state index contributed by atoms with van der Waals surface area (Å²) in [6, 6.07) is 19.1. The number of piperazine rings is 1. The molecule has 0 spiro atoms. The molecular formula is C20H26N2O. The second-order valence-electron chi connectivity index (χ2n) is 6.25. The summed E-state index contributed by atoms with van der Waals surface area (Å²) in [5, 5.41) is 13.1. The lowest BCUT2D eigenvalue weighted by molar-refractivity contribution is 0.208. The number of aliphatic hydroxyl groups is 1. The van der Waals surface area contributed by atoms with Crippen LogP contribution < -0.4 is 5.32 Å².